The molecule has 1 aliphatic carbocycles. The second-order valence-electron chi connectivity index (χ2n) is 10.4. The van der Waals surface area contributed by atoms with Gasteiger partial charge in [0.2, 0.25) is 5.91 Å². The monoisotopic (exact) mass is 513 g/mol. The number of benzene rings is 2. The molecule has 196 valence electrons. The molecule has 6 rings (SSSR count). The van der Waals surface area contributed by atoms with Crippen molar-refractivity contribution in [2.45, 2.75) is 38.1 Å². The lowest BCUT2D eigenvalue weighted by atomic mass is 9.81. The van der Waals surface area contributed by atoms with Crippen LogP contribution in [-0.4, -0.2) is 51.9 Å². The van der Waals surface area contributed by atoms with E-state index in [0.29, 0.717) is 54.7 Å². The van der Waals surface area contributed by atoms with Crippen LogP contribution in [0.1, 0.15) is 48.5 Å². The topological polar surface area (TPSA) is 120 Å². The minimum atomic E-state index is -0.519. The van der Waals surface area contributed by atoms with Crippen LogP contribution in [0.4, 0.5) is 5.82 Å². The summed E-state index contributed by atoms with van der Waals surface area (Å²) in [4.78, 5) is 38.5. The maximum Gasteiger partial charge on any atom is 0.254 e. The average Bonchev–Trinajstić information content (AvgIpc) is 3.32. The SMILES string of the molecule is NC(=O)c1c(-c2ccc(Oc3ccccc3)cc2)nn2c1NCC[C@H]2C1CCN(C(=O)C2CC(=O)C2)CC1. The lowest BCUT2D eigenvalue weighted by Crippen LogP contribution is -2.46. The third kappa shape index (κ3) is 4.53. The molecule has 0 radical (unpaired) electrons. The Balaban J connectivity index is 1.21. The predicted molar refractivity (Wildman–Crippen MR) is 142 cm³/mol. The number of aromatic nitrogens is 2. The Morgan fingerprint density at radius 1 is 0.947 bits per heavy atom. The van der Waals surface area contributed by atoms with Crippen molar-refractivity contribution in [3.05, 3.63) is 60.2 Å². The first-order valence-corrected chi connectivity index (χ1v) is 13.3. The molecule has 1 saturated carbocycles. The number of para-hydroxylation sites is 1. The highest BCUT2D eigenvalue weighted by molar-refractivity contribution is 6.04. The molecule has 1 aromatic heterocycles. The van der Waals surface area contributed by atoms with Crippen molar-refractivity contribution in [1.29, 1.82) is 0 Å². The Morgan fingerprint density at radius 3 is 2.29 bits per heavy atom. The van der Waals surface area contributed by atoms with E-state index < -0.39 is 5.91 Å². The number of amides is 2. The largest absolute Gasteiger partial charge is 0.457 e. The second-order valence-corrected chi connectivity index (χ2v) is 10.4. The molecule has 2 fully saturated rings. The molecule has 0 unspecified atom stereocenters. The molecule has 38 heavy (non-hydrogen) atoms. The summed E-state index contributed by atoms with van der Waals surface area (Å²) in [7, 11) is 0. The standard InChI is InChI=1S/C29H31N5O4/c30-27(36)25-26(19-6-8-23(9-7-19)38-22-4-2-1-3-5-22)32-34-24(10-13-31-28(25)34)18-11-14-33(15-12-18)29(37)20-16-21(35)17-20/h1-9,18,20,24,31H,10-17H2,(H2,30,36)/t24-/m0/s1. The van der Waals surface area contributed by atoms with Crippen LogP contribution in [0.25, 0.3) is 11.3 Å². The molecule has 9 nitrogen and oxygen atoms in total. The number of rotatable bonds is 6. The van der Waals surface area contributed by atoms with Crippen molar-refractivity contribution in [2.24, 2.45) is 17.6 Å². The lowest BCUT2D eigenvalue weighted by Gasteiger charge is -2.40. The van der Waals surface area contributed by atoms with Crippen LogP contribution < -0.4 is 15.8 Å². The molecule has 2 amide bonds. The molecule has 3 N–H and O–H groups in total. The number of nitrogens with two attached hydrogens (primary N) is 1. The van der Waals surface area contributed by atoms with Gasteiger partial charge in [-0.15, -0.1) is 0 Å². The van der Waals surface area contributed by atoms with E-state index in [-0.39, 0.29) is 23.7 Å². The molecular formula is C29H31N5O4. The summed E-state index contributed by atoms with van der Waals surface area (Å²) < 4.78 is 7.85. The Labute approximate surface area is 220 Å². The van der Waals surface area contributed by atoms with Gasteiger partial charge in [-0.25, -0.2) is 4.68 Å². The molecule has 3 heterocycles. The maximum absolute atomic E-state index is 12.7. The van der Waals surface area contributed by atoms with Gasteiger partial charge in [0.1, 0.15) is 34.4 Å². The van der Waals surface area contributed by atoms with Gasteiger partial charge in [-0.1, -0.05) is 18.2 Å². The minimum absolute atomic E-state index is 0.112. The van der Waals surface area contributed by atoms with Crippen LogP contribution >= 0.6 is 0 Å². The zero-order valence-corrected chi connectivity index (χ0v) is 21.1. The number of piperidine rings is 1. The van der Waals surface area contributed by atoms with Crippen molar-refractivity contribution in [3.8, 4) is 22.8 Å². The molecule has 2 aliphatic heterocycles. The number of carbonyl (C=O) groups excluding carboxylic acids is 3. The Kier molecular flexibility index (Phi) is 6.35. The van der Waals surface area contributed by atoms with E-state index in [1.165, 1.54) is 0 Å². The van der Waals surface area contributed by atoms with Gasteiger partial charge in [-0.2, -0.15) is 5.10 Å². The van der Waals surface area contributed by atoms with Crippen molar-refractivity contribution in [1.82, 2.24) is 14.7 Å². The van der Waals surface area contributed by atoms with Crippen LogP contribution in [0.3, 0.4) is 0 Å². The fourth-order valence-corrected chi connectivity index (χ4v) is 5.91. The quantitative estimate of drug-likeness (QED) is 0.514. The molecule has 1 saturated heterocycles. The second kappa shape index (κ2) is 9.96. The Bertz CT molecular complexity index is 1350. The average molecular weight is 514 g/mol. The number of anilines is 1. The van der Waals surface area contributed by atoms with E-state index in [0.717, 1.165) is 37.1 Å². The fraction of sp³-hybridized carbons (Fsp3) is 0.379. The number of fused-ring (bicyclic) bond motifs is 1. The summed E-state index contributed by atoms with van der Waals surface area (Å²) in [5.74, 6) is 2.09. The molecule has 1 atom stereocenters. The van der Waals surface area contributed by atoms with Crippen molar-refractivity contribution < 1.29 is 19.1 Å². The first-order valence-electron chi connectivity index (χ1n) is 13.3. The lowest BCUT2D eigenvalue weighted by molar-refractivity contribution is -0.146. The molecule has 9 heteroatoms. The van der Waals surface area contributed by atoms with Gasteiger partial charge < -0.3 is 20.7 Å². The van der Waals surface area contributed by atoms with E-state index in [1.54, 1.807) is 0 Å². The van der Waals surface area contributed by atoms with E-state index in [4.69, 9.17) is 15.6 Å². The highest BCUT2D eigenvalue weighted by Gasteiger charge is 2.39. The molecule has 0 spiro atoms. The Morgan fingerprint density at radius 2 is 1.63 bits per heavy atom. The summed E-state index contributed by atoms with van der Waals surface area (Å²) in [5.41, 5.74) is 7.60. The molecule has 0 bridgehead atoms. The number of ketones is 1. The number of carbonyl (C=O) groups is 3. The van der Waals surface area contributed by atoms with Gasteiger partial charge in [-0.3, -0.25) is 14.4 Å². The maximum atomic E-state index is 12.7. The minimum Gasteiger partial charge on any atom is -0.457 e. The van der Waals surface area contributed by atoms with Crippen LogP contribution in [0, 0.1) is 11.8 Å². The highest BCUT2D eigenvalue weighted by atomic mass is 16.5. The predicted octanol–water partition coefficient (Wildman–Crippen LogP) is 4.02. The fourth-order valence-electron chi connectivity index (χ4n) is 5.91. The number of likely N-dealkylation sites (tertiary alicyclic amines) is 1. The number of nitrogens with one attached hydrogen (secondary N) is 1. The number of ether oxygens (including phenoxy) is 1. The number of hydrogen-bond acceptors (Lipinski definition) is 6. The molecule has 3 aliphatic rings. The van der Waals surface area contributed by atoms with Gasteiger partial charge in [0.15, 0.2) is 0 Å². The van der Waals surface area contributed by atoms with E-state index in [9.17, 15) is 14.4 Å². The number of primary amides is 1. The third-order valence-electron chi connectivity index (χ3n) is 8.00. The van der Waals surface area contributed by atoms with Crippen molar-refractivity contribution in [3.63, 3.8) is 0 Å². The number of hydrogen-bond donors (Lipinski definition) is 2. The van der Waals surface area contributed by atoms with Gasteiger partial charge in [0.05, 0.1) is 12.0 Å². The highest BCUT2D eigenvalue weighted by Crippen LogP contribution is 2.40. The number of nitrogens with zero attached hydrogens (tertiary/aromatic N) is 3. The Hall–Kier alpha value is -4.14. The van der Waals surface area contributed by atoms with Gasteiger partial charge in [-0.05, 0) is 61.6 Å². The normalized spacial score (nSPS) is 19.8. The van der Waals surface area contributed by atoms with Crippen molar-refractivity contribution in [2.75, 3.05) is 25.0 Å². The summed E-state index contributed by atoms with van der Waals surface area (Å²) in [6.45, 7) is 2.10. The van der Waals surface area contributed by atoms with E-state index in [1.807, 2.05) is 64.2 Å². The van der Waals surface area contributed by atoms with E-state index >= 15 is 0 Å². The summed E-state index contributed by atoms with van der Waals surface area (Å²) in [5, 5.41) is 8.28. The third-order valence-corrected chi connectivity index (χ3v) is 8.00. The first-order chi connectivity index (χ1) is 18.5. The molecular weight excluding hydrogens is 482 g/mol. The van der Waals surface area contributed by atoms with Crippen LogP contribution in [0.2, 0.25) is 0 Å². The molecule has 3 aromatic rings. The zero-order chi connectivity index (χ0) is 26.2. The van der Waals surface area contributed by atoms with Gasteiger partial charge >= 0.3 is 0 Å². The van der Waals surface area contributed by atoms with Gasteiger partial charge in [0.25, 0.3) is 5.91 Å². The molecule has 2 aromatic carbocycles. The van der Waals surface area contributed by atoms with E-state index in [2.05, 4.69) is 5.32 Å². The summed E-state index contributed by atoms with van der Waals surface area (Å²) >= 11 is 0. The summed E-state index contributed by atoms with van der Waals surface area (Å²) in [6, 6.07) is 17.2. The first kappa shape index (κ1) is 24.2. The van der Waals surface area contributed by atoms with Gasteiger partial charge in [0, 0.05) is 38.0 Å². The van der Waals surface area contributed by atoms with Crippen LogP contribution in [0.15, 0.2) is 54.6 Å². The van der Waals surface area contributed by atoms with Crippen LogP contribution in [0.5, 0.6) is 11.5 Å². The smallest absolute Gasteiger partial charge is 0.254 e. The van der Waals surface area contributed by atoms with Crippen molar-refractivity contribution >= 4 is 23.4 Å². The zero-order valence-electron chi connectivity index (χ0n) is 21.1. The van der Waals surface area contributed by atoms with Crippen LogP contribution in [-0.2, 0) is 9.59 Å². The summed E-state index contributed by atoms with van der Waals surface area (Å²) in [6.07, 6.45) is 3.39. The number of Topliss-reactive ketones (excluding diaryl/α,β-unsaturated/α-hetero) is 1.